The van der Waals surface area contributed by atoms with E-state index >= 15 is 0 Å². The molecule has 1 heterocycles. The highest BCUT2D eigenvalue weighted by atomic mass is 79.9. The molecule has 2 atom stereocenters. The smallest absolute Gasteiger partial charge is 0.328 e. The van der Waals surface area contributed by atoms with Crippen LogP contribution in [-0.4, -0.2) is 36.4 Å². The van der Waals surface area contributed by atoms with E-state index in [9.17, 15) is 4.79 Å². The van der Waals surface area contributed by atoms with Gasteiger partial charge in [-0.05, 0) is 37.6 Å². The van der Waals surface area contributed by atoms with Gasteiger partial charge in [0.2, 0.25) is 0 Å². The summed E-state index contributed by atoms with van der Waals surface area (Å²) in [5.74, 6) is -0.942. The Balaban J connectivity index is 2.37. The number of ether oxygens (including phenoxy) is 1. The molecule has 20 heavy (non-hydrogen) atoms. The molecule has 1 aliphatic rings. The average molecular weight is 340 g/mol. The van der Waals surface area contributed by atoms with Gasteiger partial charge in [-0.25, -0.2) is 4.79 Å². The van der Waals surface area contributed by atoms with E-state index in [1.54, 1.807) is 6.08 Å². The molecular formula is C15H18BrNO3. The summed E-state index contributed by atoms with van der Waals surface area (Å²) in [5.41, 5.74) is 1.93. The van der Waals surface area contributed by atoms with Crippen LogP contribution >= 0.6 is 15.9 Å². The highest BCUT2D eigenvalue weighted by Gasteiger charge is 2.25. The number of halogens is 1. The second-order valence-electron chi connectivity index (χ2n) is 5.02. The zero-order valence-electron chi connectivity index (χ0n) is 11.5. The Bertz CT molecular complexity index is 530. The number of nitrogens with zero attached hydrogens (tertiary/aromatic N) is 1. The van der Waals surface area contributed by atoms with Crippen molar-refractivity contribution in [2.75, 3.05) is 18.1 Å². The summed E-state index contributed by atoms with van der Waals surface area (Å²) in [6.45, 7) is 5.63. The lowest BCUT2D eigenvalue weighted by atomic mass is 10.1. The minimum absolute atomic E-state index is 0.168. The molecule has 0 aliphatic carbocycles. The molecule has 0 spiro atoms. The number of hydrogen-bond donors (Lipinski definition) is 1. The number of hydrogen-bond acceptors (Lipinski definition) is 3. The fourth-order valence-electron chi connectivity index (χ4n) is 2.31. The number of aliphatic carboxylic acids is 1. The maximum absolute atomic E-state index is 10.7. The molecule has 1 aliphatic heterocycles. The van der Waals surface area contributed by atoms with E-state index in [0.717, 1.165) is 22.3 Å². The average Bonchev–Trinajstić information content (AvgIpc) is 2.40. The second kappa shape index (κ2) is 6.41. The largest absolute Gasteiger partial charge is 0.478 e. The van der Waals surface area contributed by atoms with Crippen LogP contribution < -0.4 is 4.90 Å². The summed E-state index contributed by atoms with van der Waals surface area (Å²) in [7, 11) is 0. The van der Waals surface area contributed by atoms with Crippen LogP contribution in [0.3, 0.4) is 0 Å². The quantitative estimate of drug-likeness (QED) is 0.859. The first-order chi connectivity index (χ1) is 9.47. The Morgan fingerprint density at radius 3 is 2.95 bits per heavy atom. The first-order valence-electron chi connectivity index (χ1n) is 6.56. The number of carboxylic acid groups (broad SMARTS) is 1. The van der Waals surface area contributed by atoms with Crippen molar-refractivity contribution in [1.29, 1.82) is 0 Å². The molecular weight excluding hydrogens is 322 g/mol. The molecule has 0 radical (unpaired) electrons. The van der Waals surface area contributed by atoms with Crippen LogP contribution in [0.1, 0.15) is 19.4 Å². The van der Waals surface area contributed by atoms with Gasteiger partial charge >= 0.3 is 5.97 Å². The molecule has 2 rings (SSSR count). The number of carbonyl (C=O) groups is 1. The van der Waals surface area contributed by atoms with Gasteiger partial charge in [-0.1, -0.05) is 22.0 Å². The van der Waals surface area contributed by atoms with Crippen LogP contribution in [0.25, 0.3) is 6.08 Å². The van der Waals surface area contributed by atoms with Crippen LogP contribution in [0, 0.1) is 0 Å². The number of rotatable bonds is 3. The maximum Gasteiger partial charge on any atom is 0.328 e. The van der Waals surface area contributed by atoms with Crippen molar-refractivity contribution in [2.24, 2.45) is 0 Å². The Labute approximate surface area is 127 Å². The molecule has 108 valence electrons. The molecule has 0 bridgehead atoms. The van der Waals surface area contributed by atoms with Crippen molar-refractivity contribution in [2.45, 2.75) is 26.0 Å². The second-order valence-corrected chi connectivity index (χ2v) is 5.94. The van der Waals surface area contributed by atoms with E-state index in [4.69, 9.17) is 9.84 Å². The summed E-state index contributed by atoms with van der Waals surface area (Å²) in [6, 6.07) is 6.12. The SMILES string of the molecule is CC1CN(c2cc(Br)ccc2/C=C/C(=O)O)C(C)CO1. The van der Waals surface area contributed by atoms with Crippen LogP contribution in [0.4, 0.5) is 5.69 Å². The molecule has 1 fully saturated rings. The van der Waals surface area contributed by atoms with E-state index in [1.165, 1.54) is 6.08 Å². The van der Waals surface area contributed by atoms with Crippen molar-refractivity contribution >= 4 is 33.7 Å². The van der Waals surface area contributed by atoms with Gasteiger partial charge in [0.1, 0.15) is 0 Å². The minimum atomic E-state index is -0.942. The maximum atomic E-state index is 10.7. The molecule has 5 heteroatoms. The number of anilines is 1. The van der Waals surface area contributed by atoms with E-state index in [0.29, 0.717) is 6.61 Å². The summed E-state index contributed by atoms with van der Waals surface area (Å²) >= 11 is 3.48. The molecule has 1 aromatic rings. The molecule has 0 aromatic heterocycles. The molecule has 4 nitrogen and oxygen atoms in total. The number of benzene rings is 1. The van der Waals surface area contributed by atoms with Crippen LogP contribution in [0.2, 0.25) is 0 Å². The van der Waals surface area contributed by atoms with E-state index in [2.05, 4.69) is 27.8 Å². The van der Waals surface area contributed by atoms with Gasteiger partial charge in [-0.3, -0.25) is 0 Å². The third-order valence-electron chi connectivity index (χ3n) is 3.32. The molecule has 0 amide bonds. The normalized spacial score (nSPS) is 23.2. The first kappa shape index (κ1) is 15.1. The molecule has 1 N–H and O–H groups in total. The van der Waals surface area contributed by atoms with Crippen LogP contribution in [0.15, 0.2) is 28.7 Å². The molecule has 1 saturated heterocycles. The van der Waals surface area contributed by atoms with Crippen molar-refractivity contribution in [3.63, 3.8) is 0 Å². The fourth-order valence-corrected chi connectivity index (χ4v) is 2.66. The van der Waals surface area contributed by atoms with Gasteiger partial charge in [0.15, 0.2) is 0 Å². The molecule has 2 unspecified atom stereocenters. The topological polar surface area (TPSA) is 49.8 Å². The van der Waals surface area contributed by atoms with Crippen molar-refractivity contribution in [3.05, 3.63) is 34.3 Å². The Morgan fingerprint density at radius 1 is 1.50 bits per heavy atom. The Hall–Kier alpha value is -1.33. The van der Waals surface area contributed by atoms with Gasteiger partial charge in [-0.2, -0.15) is 0 Å². The predicted octanol–water partition coefficient (Wildman–Crippen LogP) is 3.16. The van der Waals surface area contributed by atoms with E-state index < -0.39 is 5.97 Å². The number of carboxylic acids is 1. The monoisotopic (exact) mass is 339 g/mol. The molecule has 0 saturated carbocycles. The highest BCUT2D eigenvalue weighted by molar-refractivity contribution is 9.10. The lowest BCUT2D eigenvalue weighted by Gasteiger charge is -2.39. The lowest BCUT2D eigenvalue weighted by molar-refractivity contribution is -0.131. The van der Waals surface area contributed by atoms with Gasteiger partial charge < -0.3 is 14.7 Å². The third kappa shape index (κ3) is 3.61. The van der Waals surface area contributed by atoms with E-state index in [1.807, 2.05) is 25.1 Å². The van der Waals surface area contributed by atoms with E-state index in [-0.39, 0.29) is 12.1 Å². The van der Waals surface area contributed by atoms with Crippen molar-refractivity contribution < 1.29 is 14.6 Å². The predicted molar refractivity (Wildman–Crippen MR) is 83.0 cm³/mol. The molecule has 1 aromatic carbocycles. The lowest BCUT2D eigenvalue weighted by Crippen LogP contribution is -2.47. The first-order valence-corrected chi connectivity index (χ1v) is 7.35. The van der Waals surface area contributed by atoms with Gasteiger partial charge in [0.25, 0.3) is 0 Å². The van der Waals surface area contributed by atoms with Gasteiger partial charge in [0.05, 0.1) is 12.7 Å². The fraction of sp³-hybridized carbons (Fsp3) is 0.400. The number of morpholine rings is 1. The zero-order chi connectivity index (χ0) is 14.7. The Kier molecular flexibility index (Phi) is 4.83. The van der Waals surface area contributed by atoms with Gasteiger partial charge in [-0.15, -0.1) is 0 Å². The van der Waals surface area contributed by atoms with Crippen LogP contribution in [-0.2, 0) is 9.53 Å². The summed E-state index contributed by atoms with van der Waals surface area (Å²) in [6.07, 6.45) is 2.97. The summed E-state index contributed by atoms with van der Waals surface area (Å²) in [4.78, 5) is 13.0. The summed E-state index contributed by atoms with van der Waals surface area (Å²) in [5, 5.41) is 8.79. The Morgan fingerprint density at radius 2 is 2.25 bits per heavy atom. The minimum Gasteiger partial charge on any atom is -0.478 e. The van der Waals surface area contributed by atoms with Gasteiger partial charge in [0, 0.05) is 28.8 Å². The summed E-state index contributed by atoms with van der Waals surface area (Å²) < 4.78 is 6.62. The van der Waals surface area contributed by atoms with Crippen LogP contribution in [0.5, 0.6) is 0 Å². The van der Waals surface area contributed by atoms with Crippen molar-refractivity contribution in [3.8, 4) is 0 Å². The van der Waals surface area contributed by atoms with Crippen molar-refractivity contribution in [1.82, 2.24) is 0 Å². The highest BCUT2D eigenvalue weighted by Crippen LogP contribution is 2.30. The zero-order valence-corrected chi connectivity index (χ0v) is 13.1. The standard InChI is InChI=1S/C15H18BrNO3/c1-10-9-20-11(2)8-17(10)14-7-13(16)5-3-12(14)4-6-15(18)19/h3-7,10-11H,8-9H2,1-2H3,(H,18,19)/b6-4+. The third-order valence-corrected chi connectivity index (χ3v) is 3.81.